The monoisotopic (exact) mass is 265 g/mol. The number of benzene rings is 1. The Hall–Kier alpha value is -1.33. The maximum Gasteiger partial charge on any atom is 0.106 e. The highest BCUT2D eigenvalue weighted by molar-refractivity contribution is 7.16. The van der Waals surface area contributed by atoms with E-state index in [9.17, 15) is 5.11 Å². The van der Waals surface area contributed by atoms with Gasteiger partial charge in [0.15, 0.2) is 0 Å². The number of nitrogen functional groups attached to an aromatic ring is 1. The van der Waals surface area contributed by atoms with Gasteiger partial charge in [0.2, 0.25) is 0 Å². The Bertz CT molecular complexity index is 524. The van der Waals surface area contributed by atoms with Crippen LogP contribution in [0.1, 0.15) is 20.3 Å². The largest absolute Gasteiger partial charge is 0.395 e. The molecule has 0 aliphatic heterocycles. The summed E-state index contributed by atoms with van der Waals surface area (Å²) in [6.45, 7) is 4.38. The molecule has 0 aliphatic carbocycles. The van der Waals surface area contributed by atoms with Gasteiger partial charge in [-0.05, 0) is 24.5 Å². The molecule has 4 nitrogen and oxygen atoms in total. The second kappa shape index (κ2) is 5.54. The maximum atomic E-state index is 9.38. The number of aliphatic hydroxyl groups excluding tert-OH is 1. The number of hydrogen-bond acceptors (Lipinski definition) is 5. The first kappa shape index (κ1) is 13.1. The molecule has 0 bridgehead atoms. The van der Waals surface area contributed by atoms with Gasteiger partial charge in [-0.1, -0.05) is 13.8 Å². The number of nitrogens with two attached hydrogens (primary N) is 1. The van der Waals surface area contributed by atoms with Gasteiger partial charge < -0.3 is 16.2 Å². The highest BCUT2D eigenvalue weighted by Gasteiger charge is 2.13. The van der Waals surface area contributed by atoms with Crippen molar-refractivity contribution < 1.29 is 5.11 Å². The van der Waals surface area contributed by atoms with Gasteiger partial charge in [0, 0.05) is 6.04 Å². The molecule has 98 valence electrons. The Morgan fingerprint density at radius 2 is 2.22 bits per heavy atom. The van der Waals surface area contributed by atoms with Crippen molar-refractivity contribution in [1.82, 2.24) is 4.98 Å². The van der Waals surface area contributed by atoms with Crippen LogP contribution in [-0.2, 0) is 0 Å². The molecule has 1 aromatic carbocycles. The highest BCUT2D eigenvalue weighted by atomic mass is 32.1. The van der Waals surface area contributed by atoms with Crippen LogP contribution in [0.3, 0.4) is 0 Å². The second-order valence-electron chi connectivity index (χ2n) is 4.88. The lowest BCUT2D eigenvalue weighted by molar-refractivity contribution is 0.259. The summed E-state index contributed by atoms with van der Waals surface area (Å²) in [5, 5.41) is 12.7. The van der Waals surface area contributed by atoms with Crippen LogP contribution < -0.4 is 11.1 Å². The Labute approximate surface area is 111 Å². The first-order valence-electron chi connectivity index (χ1n) is 6.11. The van der Waals surface area contributed by atoms with Crippen LogP contribution >= 0.6 is 11.3 Å². The van der Waals surface area contributed by atoms with Crippen LogP contribution in [0.25, 0.3) is 10.2 Å². The Morgan fingerprint density at radius 1 is 1.44 bits per heavy atom. The molecule has 2 aromatic rings. The fourth-order valence-electron chi connectivity index (χ4n) is 2.05. The predicted molar refractivity (Wildman–Crippen MR) is 78.0 cm³/mol. The standard InChI is InChI=1S/C13H19N3OS/c1-8(2)5-9(6-17)16-10-3-4-11-13(12(10)14)15-7-18-11/h3-4,7-9,16-17H,5-6,14H2,1-2H3. The molecule has 2 rings (SSSR count). The summed E-state index contributed by atoms with van der Waals surface area (Å²) in [6, 6.07) is 4.00. The van der Waals surface area contributed by atoms with Gasteiger partial charge >= 0.3 is 0 Å². The lowest BCUT2D eigenvalue weighted by Gasteiger charge is -2.20. The number of thiazole rings is 1. The molecule has 0 aliphatic rings. The van der Waals surface area contributed by atoms with Crippen LogP contribution in [-0.4, -0.2) is 22.7 Å². The van der Waals surface area contributed by atoms with E-state index >= 15 is 0 Å². The summed E-state index contributed by atoms with van der Waals surface area (Å²) < 4.78 is 1.09. The van der Waals surface area contributed by atoms with Crippen LogP contribution in [0.2, 0.25) is 0 Å². The summed E-state index contributed by atoms with van der Waals surface area (Å²) in [6.07, 6.45) is 0.908. The number of rotatable bonds is 5. The minimum absolute atomic E-state index is 0.0309. The van der Waals surface area contributed by atoms with Gasteiger partial charge in [-0.3, -0.25) is 0 Å². The topological polar surface area (TPSA) is 71.2 Å². The Balaban J connectivity index is 2.22. The zero-order valence-corrected chi connectivity index (χ0v) is 11.5. The third-order valence-corrected chi connectivity index (χ3v) is 3.67. The number of aromatic nitrogens is 1. The maximum absolute atomic E-state index is 9.38. The number of nitrogens with zero attached hydrogens (tertiary/aromatic N) is 1. The van der Waals surface area contributed by atoms with Crippen molar-refractivity contribution >= 4 is 32.9 Å². The van der Waals surface area contributed by atoms with Gasteiger partial charge in [-0.25, -0.2) is 4.98 Å². The van der Waals surface area contributed by atoms with Crippen molar-refractivity contribution in [1.29, 1.82) is 0 Å². The smallest absolute Gasteiger partial charge is 0.106 e. The Morgan fingerprint density at radius 3 is 2.89 bits per heavy atom. The van der Waals surface area contributed by atoms with Gasteiger partial charge in [-0.2, -0.15) is 0 Å². The summed E-state index contributed by atoms with van der Waals surface area (Å²) in [4.78, 5) is 4.26. The number of hydrogen-bond donors (Lipinski definition) is 3. The fourth-order valence-corrected chi connectivity index (χ4v) is 2.74. The van der Waals surface area contributed by atoms with Gasteiger partial charge in [0.25, 0.3) is 0 Å². The summed E-state index contributed by atoms with van der Waals surface area (Å²) in [7, 11) is 0. The van der Waals surface area contributed by atoms with Crippen molar-refractivity contribution in [2.24, 2.45) is 5.92 Å². The van der Waals surface area contributed by atoms with Crippen LogP contribution in [0.5, 0.6) is 0 Å². The minimum atomic E-state index is 0.0309. The first-order valence-corrected chi connectivity index (χ1v) is 6.98. The third kappa shape index (κ3) is 2.73. The molecule has 1 atom stereocenters. The zero-order chi connectivity index (χ0) is 13.1. The van der Waals surface area contributed by atoms with Crippen molar-refractivity contribution in [2.45, 2.75) is 26.3 Å². The average molecular weight is 265 g/mol. The van der Waals surface area contributed by atoms with Crippen molar-refractivity contribution in [3.63, 3.8) is 0 Å². The zero-order valence-electron chi connectivity index (χ0n) is 10.7. The van der Waals surface area contributed by atoms with Crippen LogP contribution in [0.4, 0.5) is 11.4 Å². The minimum Gasteiger partial charge on any atom is -0.395 e. The molecule has 4 N–H and O–H groups in total. The van der Waals surface area contributed by atoms with Crippen molar-refractivity contribution in [3.05, 3.63) is 17.6 Å². The molecule has 1 unspecified atom stereocenters. The van der Waals surface area contributed by atoms with E-state index in [1.165, 1.54) is 0 Å². The van der Waals surface area contributed by atoms with Crippen LogP contribution in [0, 0.1) is 5.92 Å². The molecule has 0 saturated carbocycles. The van der Waals surface area contributed by atoms with E-state index in [0.29, 0.717) is 11.6 Å². The molecule has 0 spiro atoms. The molecule has 0 fully saturated rings. The van der Waals surface area contributed by atoms with Crippen molar-refractivity contribution in [2.75, 3.05) is 17.7 Å². The SMILES string of the molecule is CC(C)CC(CO)Nc1ccc2scnc2c1N. The Kier molecular flexibility index (Phi) is 4.04. The van der Waals surface area contributed by atoms with E-state index in [0.717, 1.165) is 22.3 Å². The number of aliphatic hydroxyl groups is 1. The summed E-state index contributed by atoms with van der Waals surface area (Å²) in [5.74, 6) is 0.527. The van der Waals surface area contributed by atoms with Gasteiger partial charge in [0.1, 0.15) is 5.52 Å². The first-order chi connectivity index (χ1) is 8.61. The summed E-state index contributed by atoms with van der Waals surface area (Å²) >= 11 is 1.58. The molecule has 18 heavy (non-hydrogen) atoms. The van der Waals surface area contributed by atoms with E-state index < -0.39 is 0 Å². The fraction of sp³-hybridized carbons (Fsp3) is 0.462. The third-order valence-electron chi connectivity index (χ3n) is 2.88. The normalized spacial score (nSPS) is 13.1. The predicted octanol–water partition coefficient (Wildman–Crippen LogP) is 2.70. The molecular formula is C13H19N3OS. The van der Waals surface area contributed by atoms with Crippen molar-refractivity contribution in [3.8, 4) is 0 Å². The average Bonchev–Trinajstić information content (AvgIpc) is 2.80. The molecule has 0 amide bonds. The number of anilines is 2. The molecule has 1 heterocycles. The van der Waals surface area contributed by atoms with Crippen LogP contribution in [0.15, 0.2) is 17.6 Å². The highest BCUT2D eigenvalue weighted by Crippen LogP contribution is 2.30. The quantitative estimate of drug-likeness (QED) is 0.727. The lowest BCUT2D eigenvalue weighted by atomic mass is 10.0. The van der Waals surface area contributed by atoms with E-state index in [1.54, 1.807) is 16.8 Å². The van der Waals surface area contributed by atoms with Gasteiger partial charge in [0.05, 0.1) is 28.2 Å². The molecule has 1 aromatic heterocycles. The van der Waals surface area contributed by atoms with E-state index in [-0.39, 0.29) is 12.6 Å². The summed E-state index contributed by atoms with van der Waals surface area (Å²) in [5.41, 5.74) is 10.2. The van der Waals surface area contributed by atoms with E-state index in [2.05, 4.69) is 24.1 Å². The number of nitrogens with one attached hydrogen (secondary N) is 1. The second-order valence-corrected chi connectivity index (χ2v) is 5.77. The molecule has 5 heteroatoms. The molecule has 0 radical (unpaired) electrons. The number of fused-ring (bicyclic) bond motifs is 1. The van der Waals surface area contributed by atoms with E-state index in [1.807, 2.05) is 12.1 Å². The molecular weight excluding hydrogens is 246 g/mol. The lowest BCUT2D eigenvalue weighted by Crippen LogP contribution is -2.26. The van der Waals surface area contributed by atoms with E-state index in [4.69, 9.17) is 5.73 Å². The van der Waals surface area contributed by atoms with Gasteiger partial charge in [-0.15, -0.1) is 11.3 Å². The molecule has 0 saturated heterocycles.